The number of amides is 2. The number of nitrogens with zero attached hydrogens (tertiary/aromatic N) is 3. The molecule has 0 spiro atoms. The van der Waals surface area contributed by atoms with Crippen LogP contribution in [0.4, 0.5) is 16.3 Å². The van der Waals surface area contributed by atoms with E-state index in [4.69, 9.17) is 5.73 Å². The summed E-state index contributed by atoms with van der Waals surface area (Å²) >= 11 is 0. The highest BCUT2D eigenvalue weighted by molar-refractivity contribution is 7.89. The quantitative estimate of drug-likeness (QED) is 0.544. The van der Waals surface area contributed by atoms with Crippen molar-refractivity contribution in [2.45, 2.75) is 5.75 Å². The van der Waals surface area contributed by atoms with Crippen molar-refractivity contribution >= 4 is 33.2 Å². The van der Waals surface area contributed by atoms with Crippen LogP contribution in [-0.2, 0) is 15.6 Å². The zero-order valence-corrected chi connectivity index (χ0v) is 16.1. The number of aliphatic imine (C=N–C) groups is 1. The van der Waals surface area contributed by atoms with Crippen LogP contribution in [0.25, 0.3) is 11.4 Å². The highest BCUT2D eigenvalue weighted by Gasteiger charge is 2.11. The van der Waals surface area contributed by atoms with E-state index in [0.29, 0.717) is 29.3 Å². The lowest BCUT2D eigenvalue weighted by atomic mass is 10.2. The third-order valence-corrected chi connectivity index (χ3v) is 4.59. The van der Waals surface area contributed by atoms with Crippen molar-refractivity contribution in [2.24, 2.45) is 4.99 Å². The minimum atomic E-state index is -3.24. The summed E-state index contributed by atoms with van der Waals surface area (Å²) in [6.07, 6.45) is 1.13. The largest absolute Gasteiger partial charge is 0.384 e. The molecule has 2 heterocycles. The van der Waals surface area contributed by atoms with Crippen LogP contribution in [0.2, 0.25) is 0 Å². The van der Waals surface area contributed by atoms with E-state index < -0.39 is 9.84 Å². The van der Waals surface area contributed by atoms with Crippen LogP contribution in [-0.4, -0.2) is 56.1 Å². The third-order valence-electron chi connectivity index (χ3n) is 3.77. The molecule has 1 aromatic carbocycles. The SMILES string of the molecule is CS(=O)(=O)Cc1cc(N)nc(-c2ccc(NC(=O)NCC3=NCCN3)cc2)n1. The summed E-state index contributed by atoms with van der Waals surface area (Å²) in [5, 5.41) is 8.51. The molecule has 28 heavy (non-hydrogen) atoms. The molecule has 2 aromatic rings. The van der Waals surface area contributed by atoms with Crippen LogP contribution in [0, 0.1) is 0 Å². The predicted octanol–water partition coefficient (Wildman–Crippen LogP) is 0.394. The number of anilines is 2. The van der Waals surface area contributed by atoms with Gasteiger partial charge in [0.05, 0.1) is 24.5 Å². The van der Waals surface area contributed by atoms with Gasteiger partial charge in [-0.2, -0.15) is 0 Å². The Hall–Kier alpha value is -3.21. The van der Waals surface area contributed by atoms with Crippen molar-refractivity contribution in [1.82, 2.24) is 20.6 Å². The maximum absolute atomic E-state index is 11.9. The van der Waals surface area contributed by atoms with Gasteiger partial charge in [0.1, 0.15) is 11.7 Å². The highest BCUT2D eigenvalue weighted by Crippen LogP contribution is 2.20. The molecule has 0 saturated carbocycles. The number of benzene rings is 1. The van der Waals surface area contributed by atoms with Crippen molar-refractivity contribution in [3.8, 4) is 11.4 Å². The van der Waals surface area contributed by atoms with Crippen molar-refractivity contribution in [1.29, 1.82) is 0 Å². The molecule has 0 radical (unpaired) electrons. The number of amidine groups is 1. The highest BCUT2D eigenvalue weighted by atomic mass is 32.2. The van der Waals surface area contributed by atoms with Gasteiger partial charge in [-0.25, -0.2) is 23.2 Å². The molecule has 3 rings (SSSR count). The molecular formula is C17H21N7O3S. The van der Waals surface area contributed by atoms with Crippen LogP contribution >= 0.6 is 0 Å². The summed E-state index contributed by atoms with van der Waals surface area (Å²) in [4.78, 5) is 24.6. The van der Waals surface area contributed by atoms with E-state index in [1.807, 2.05) is 0 Å². The van der Waals surface area contributed by atoms with Gasteiger partial charge in [0.25, 0.3) is 0 Å². The first kappa shape index (κ1) is 19.5. The fourth-order valence-corrected chi connectivity index (χ4v) is 3.28. The summed E-state index contributed by atoms with van der Waals surface area (Å²) in [5.74, 6) is 1.05. The van der Waals surface area contributed by atoms with Gasteiger partial charge in [-0.05, 0) is 24.3 Å². The second-order valence-electron chi connectivity index (χ2n) is 6.32. The number of nitrogens with two attached hydrogens (primary N) is 1. The molecule has 1 aromatic heterocycles. The Kier molecular flexibility index (Phi) is 5.73. The second-order valence-corrected chi connectivity index (χ2v) is 8.46. The van der Waals surface area contributed by atoms with E-state index in [1.54, 1.807) is 24.3 Å². The first-order valence-electron chi connectivity index (χ1n) is 8.52. The van der Waals surface area contributed by atoms with Crippen molar-refractivity contribution in [2.75, 3.05) is 36.9 Å². The third kappa shape index (κ3) is 5.64. The first-order chi connectivity index (χ1) is 13.3. The number of aromatic nitrogens is 2. The van der Waals surface area contributed by atoms with E-state index in [9.17, 15) is 13.2 Å². The molecular weight excluding hydrogens is 382 g/mol. The average molecular weight is 403 g/mol. The maximum Gasteiger partial charge on any atom is 0.319 e. The van der Waals surface area contributed by atoms with Crippen LogP contribution in [0.15, 0.2) is 35.3 Å². The lowest BCUT2D eigenvalue weighted by Gasteiger charge is -2.09. The van der Waals surface area contributed by atoms with E-state index in [1.165, 1.54) is 6.07 Å². The molecule has 0 fully saturated rings. The number of nitrogen functional groups attached to an aromatic ring is 1. The first-order valence-corrected chi connectivity index (χ1v) is 10.6. The van der Waals surface area contributed by atoms with Gasteiger partial charge in [0.2, 0.25) is 0 Å². The summed E-state index contributed by atoms with van der Waals surface area (Å²) in [6, 6.07) is 7.93. The number of carbonyl (C=O) groups is 1. The predicted molar refractivity (Wildman–Crippen MR) is 108 cm³/mol. The van der Waals surface area contributed by atoms with E-state index in [0.717, 1.165) is 25.2 Å². The Morgan fingerprint density at radius 2 is 2.00 bits per heavy atom. The van der Waals surface area contributed by atoms with Crippen molar-refractivity contribution < 1.29 is 13.2 Å². The molecule has 0 atom stereocenters. The average Bonchev–Trinajstić information content (AvgIpc) is 3.12. The van der Waals surface area contributed by atoms with Gasteiger partial charge in [-0.15, -0.1) is 0 Å². The molecule has 1 aliphatic rings. The Morgan fingerprint density at radius 3 is 2.64 bits per heavy atom. The zero-order valence-electron chi connectivity index (χ0n) is 15.3. The summed E-state index contributed by atoms with van der Waals surface area (Å²) < 4.78 is 23.0. The molecule has 0 bridgehead atoms. The van der Waals surface area contributed by atoms with E-state index in [2.05, 4.69) is 30.9 Å². The molecule has 2 amide bonds. The summed E-state index contributed by atoms with van der Waals surface area (Å²) in [6.45, 7) is 1.85. The molecule has 0 unspecified atom stereocenters. The number of hydrogen-bond acceptors (Lipinski definition) is 8. The molecule has 1 aliphatic heterocycles. The maximum atomic E-state index is 11.9. The lowest BCUT2D eigenvalue weighted by molar-refractivity contribution is 0.253. The van der Waals surface area contributed by atoms with Gasteiger partial charge in [-0.1, -0.05) is 0 Å². The van der Waals surface area contributed by atoms with Gasteiger partial charge < -0.3 is 21.7 Å². The van der Waals surface area contributed by atoms with Gasteiger partial charge >= 0.3 is 6.03 Å². The Morgan fingerprint density at radius 1 is 1.25 bits per heavy atom. The Balaban J connectivity index is 1.66. The number of nitrogens with one attached hydrogen (secondary N) is 3. The van der Waals surface area contributed by atoms with E-state index >= 15 is 0 Å². The minimum Gasteiger partial charge on any atom is -0.384 e. The van der Waals surface area contributed by atoms with Crippen molar-refractivity contribution in [3.05, 3.63) is 36.0 Å². The number of carbonyl (C=O) groups excluding carboxylic acids is 1. The topological polar surface area (TPSA) is 151 Å². The van der Waals surface area contributed by atoms with Crippen LogP contribution < -0.4 is 21.7 Å². The molecule has 5 N–H and O–H groups in total. The van der Waals surface area contributed by atoms with E-state index in [-0.39, 0.29) is 17.6 Å². The van der Waals surface area contributed by atoms with Gasteiger partial charge in [-0.3, -0.25) is 4.99 Å². The Labute approximate surface area is 162 Å². The number of sulfone groups is 1. The molecule has 0 saturated heterocycles. The standard InChI is InChI=1S/C17H21N7O3S/c1-28(26,27)10-13-8-14(18)24-16(22-13)11-2-4-12(5-3-11)23-17(25)21-9-15-19-6-7-20-15/h2-5,8H,6-7,9-10H2,1H3,(H,19,20)(H2,18,22,24)(H2,21,23,25). The monoisotopic (exact) mass is 403 g/mol. The van der Waals surface area contributed by atoms with Crippen LogP contribution in [0.3, 0.4) is 0 Å². The van der Waals surface area contributed by atoms with Gasteiger partial charge in [0, 0.05) is 30.1 Å². The lowest BCUT2D eigenvalue weighted by Crippen LogP contribution is -2.37. The molecule has 148 valence electrons. The fraction of sp³-hybridized carbons (Fsp3) is 0.294. The number of rotatable bonds is 6. The van der Waals surface area contributed by atoms with Crippen LogP contribution in [0.5, 0.6) is 0 Å². The van der Waals surface area contributed by atoms with Gasteiger partial charge in [0.15, 0.2) is 15.7 Å². The normalized spacial score (nSPS) is 13.5. The molecule has 10 nitrogen and oxygen atoms in total. The Bertz CT molecular complexity index is 1000. The number of urea groups is 1. The molecule has 0 aliphatic carbocycles. The fourth-order valence-electron chi connectivity index (χ4n) is 2.60. The number of hydrogen-bond donors (Lipinski definition) is 4. The van der Waals surface area contributed by atoms with Crippen molar-refractivity contribution in [3.63, 3.8) is 0 Å². The smallest absolute Gasteiger partial charge is 0.319 e. The zero-order chi connectivity index (χ0) is 20.1. The molecule has 11 heteroatoms. The summed E-state index contributed by atoms with van der Waals surface area (Å²) in [7, 11) is -3.24. The second kappa shape index (κ2) is 8.21. The van der Waals surface area contributed by atoms with Crippen LogP contribution in [0.1, 0.15) is 5.69 Å². The minimum absolute atomic E-state index is 0.189. The summed E-state index contributed by atoms with van der Waals surface area (Å²) in [5.41, 5.74) is 7.34.